The maximum Gasteiger partial charge on any atom is 0.165 e. The lowest BCUT2D eigenvalue weighted by atomic mass is 10.1. The third-order valence-corrected chi connectivity index (χ3v) is 4.06. The van der Waals surface area contributed by atoms with E-state index in [1.165, 1.54) is 6.33 Å². The number of aromatic nitrogens is 4. The number of hydrogen-bond donors (Lipinski definition) is 2. The van der Waals surface area contributed by atoms with Gasteiger partial charge in [-0.1, -0.05) is 6.08 Å². The van der Waals surface area contributed by atoms with Crippen LogP contribution in [0.2, 0.25) is 0 Å². The lowest BCUT2D eigenvalue weighted by Crippen LogP contribution is -2.25. The Hall–Kier alpha value is -1.99. The van der Waals surface area contributed by atoms with Gasteiger partial charge in [-0.05, 0) is 12.8 Å². The van der Waals surface area contributed by atoms with Crippen molar-refractivity contribution in [3.8, 4) is 0 Å². The Balaban J connectivity index is 1.90. The van der Waals surface area contributed by atoms with Gasteiger partial charge in [-0.2, -0.15) is 0 Å². The smallest absolute Gasteiger partial charge is 0.165 e. The molecule has 2 aromatic heterocycles. The summed E-state index contributed by atoms with van der Waals surface area (Å²) in [5.41, 5.74) is 7.10. The van der Waals surface area contributed by atoms with Gasteiger partial charge in [-0.15, -0.1) is 6.58 Å². The molecule has 3 N–H and O–H groups in total. The van der Waals surface area contributed by atoms with Crippen molar-refractivity contribution in [1.29, 1.82) is 0 Å². The first kappa shape index (κ1) is 14.0. The van der Waals surface area contributed by atoms with Crippen LogP contribution in [-0.4, -0.2) is 55.3 Å². The molecule has 0 aliphatic carbocycles. The minimum atomic E-state index is -0.423. The van der Waals surface area contributed by atoms with Crippen molar-refractivity contribution in [1.82, 2.24) is 24.4 Å². The molecular formula is C14H20N6O. The van der Waals surface area contributed by atoms with Gasteiger partial charge in [0.2, 0.25) is 0 Å². The summed E-state index contributed by atoms with van der Waals surface area (Å²) in [6.45, 7) is 6.40. The zero-order valence-corrected chi connectivity index (χ0v) is 11.9. The highest BCUT2D eigenvalue weighted by Crippen LogP contribution is 2.27. The lowest BCUT2D eigenvalue weighted by molar-refractivity contribution is 0.109. The van der Waals surface area contributed by atoms with Gasteiger partial charge in [0.05, 0.1) is 18.5 Å². The highest BCUT2D eigenvalue weighted by molar-refractivity contribution is 5.81. The fourth-order valence-corrected chi connectivity index (χ4v) is 2.93. The van der Waals surface area contributed by atoms with Gasteiger partial charge in [0.15, 0.2) is 11.5 Å². The number of nitrogen functional groups attached to an aromatic ring is 1. The van der Waals surface area contributed by atoms with Gasteiger partial charge in [0.1, 0.15) is 11.8 Å². The number of anilines is 1. The molecule has 0 radical (unpaired) electrons. The van der Waals surface area contributed by atoms with E-state index in [9.17, 15) is 5.11 Å². The summed E-state index contributed by atoms with van der Waals surface area (Å²) in [4.78, 5) is 14.8. The molecule has 0 unspecified atom stereocenters. The number of likely N-dealkylation sites (tertiary alicyclic amines) is 1. The van der Waals surface area contributed by atoms with E-state index in [1.54, 1.807) is 6.33 Å². The van der Waals surface area contributed by atoms with Crippen LogP contribution < -0.4 is 5.73 Å². The fourth-order valence-electron chi connectivity index (χ4n) is 2.93. The van der Waals surface area contributed by atoms with E-state index in [2.05, 4.69) is 26.4 Å². The summed E-state index contributed by atoms with van der Waals surface area (Å²) in [6.07, 6.45) is 6.17. The summed E-state index contributed by atoms with van der Waals surface area (Å²) in [5.74, 6) is 0.371. The lowest BCUT2D eigenvalue weighted by Gasteiger charge is -2.21. The molecule has 2 atom stereocenters. The number of aliphatic hydroxyl groups is 1. The molecule has 7 nitrogen and oxygen atoms in total. The van der Waals surface area contributed by atoms with E-state index in [0.29, 0.717) is 17.0 Å². The number of fused-ring (bicyclic) bond motifs is 1. The van der Waals surface area contributed by atoms with E-state index in [0.717, 1.165) is 32.5 Å². The second-order valence-electron chi connectivity index (χ2n) is 5.38. The van der Waals surface area contributed by atoms with Crippen molar-refractivity contribution in [3.05, 3.63) is 25.3 Å². The Morgan fingerprint density at radius 1 is 1.33 bits per heavy atom. The summed E-state index contributed by atoms with van der Waals surface area (Å²) in [6, 6.07) is -0.0425. The van der Waals surface area contributed by atoms with Crippen LogP contribution in [0.1, 0.15) is 18.9 Å². The molecule has 7 heteroatoms. The van der Waals surface area contributed by atoms with Crippen LogP contribution in [0.5, 0.6) is 0 Å². The average molecular weight is 288 g/mol. The predicted molar refractivity (Wildman–Crippen MR) is 80.7 cm³/mol. The van der Waals surface area contributed by atoms with Crippen LogP contribution in [0.3, 0.4) is 0 Å². The maximum absolute atomic E-state index is 10.5. The quantitative estimate of drug-likeness (QED) is 0.803. The molecule has 1 aliphatic rings. The first-order valence-electron chi connectivity index (χ1n) is 7.15. The second kappa shape index (κ2) is 5.79. The van der Waals surface area contributed by atoms with Crippen molar-refractivity contribution in [2.45, 2.75) is 25.0 Å². The number of nitrogens with two attached hydrogens (primary N) is 1. The molecule has 21 heavy (non-hydrogen) atoms. The molecule has 0 bridgehead atoms. The Labute approximate surface area is 123 Å². The molecule has 0 amide bonds. The first-order chi connectivity index (χ1) is 10.2. The summed E-state index contributed by atoms with van der Waals surface area (Å²) >= 11 is 0. The standard InChI is InChI=1S/C14H20N6O/c1-2-5-19-6-3-10(11(21)4-7-19)20-9-18-12-13(15)16-8-17-14(12)20/h2,8-11,21H,1,3-7H2,(H2,15,16,17)/t10-,11-/m0/s1. The van der Waals surface area contributed by atoms with E-state index >= 15 is 0 Å². The Morgan fingerprint density at radius 3 is 2.95 bits per heavy atom. The van der Waals surface area contributed by atoms with Gasteiger partial charge in [0.25, 0.3) is 0 Å². The van der Waals surface area contributed by atoms with Gasteiger partial charge >= 0.3 is 0 Å². The van der Waals surface area contributed by atoms with Crippen molar-refractivity contribution in [3.63, 3.8) is 0 Å². The Morgan fingerprint density at radius 2 is 2.14 bits per heavy atom. The van der Waals surface area contributed by atoms with Crippen molar-refractivity contribution in [2.75, 3.05) is 25.4 Å². The monoisotopic (exact) mass is 288 g/mol. The van der Waals surface area contributed by atoms with E-state index in [1.807, 2.05) is 10.6 Å². The summed E-state index contributed by atoms with van der Waals surface area (Å²) in [5, 5.41) is 10.5. The number of rotatable bonds is 3. The Kier molecular flexibility index (Phi) is 3.85. The normalized spacial score (nSPS) is 24.0. The van der Waals surface area contributed by atoms with Crippen LogP contribution in [0.15, 0.2) is 25.3 Å². The summed E-state index contributed by atoms with van der Waals surface area (Å²) < 4.78 is 1.93. The zero-order valence-electron chi connectivity index (χ0n) is 11.9. The molecule has 112 valence electrons. The highest BCUT2D eigenvalue weighted by Gasteiger charge is 2.27. The Bertz CT molecular complexity index is 639. The van der Waals surface area contributed by atoms with Gasteiger partial charge in [0, 0.05) is 19.6 Å². The molecule has 1 aliphatic heterocycles. The molecule has 3 heterocycles. The largest absolute Gasteiger partial charge is 0.391 e. The van der Waals surface area contributed by atoms with Crippen LogP contribution in [0, 0.1) is 0 Å². The zero-order chi connectivity index (χ0) is 14.8. The minimum Gasteiger partial charge on any atom is -0.391 e. The number of hydrogen-bond acceptors (Lipinski definition) is 6. The predicted octanol–water partition coefficient (Wildman–Crippen LogP) is 0.592. The maximum atomic E-state index is 10.5. The topological polar surface area (TPSA) is 93.1 Å². The molecule has 0 spiro atoms. The second-order valence-corrected chi connectivity index (χ2v) is 5.38. The number of nitrogens with zero attached hydrogens (tertiary/aromatic N) is 5. The van der Waals surface area contributed by atoms with Gasteiger partial charge in [-0.3, -0.25) is 4.90 Å². The van der Waals surface area contributed by atoms with E-state index in [4.69, 9.17) is 5.73 Å². The van der Waals surface area contributed by atoms with Crippen molar-refractivity contribution in [2.24, 2.45) is 0 Å². The number of aliphatic hydroxyl groups excluding tert-OH is 1. The van der Waals surface area contributed by atoms with Crippen molar-refractivity contribution < 1.29 is 5.11 Å². The SMILES string of the molecule is C=CCN1CC[C@H](O)[C@@H](n2cnc3c(N)ncnc32)CC1. The molecule has 0 aromatic carbocycles. The highest BCUT2D eigenvalue weighted by atomic mass is 16.3. The van der Waals surface area contributed by atoms with Gasteiger partial charge in [-0.25, -0.2) is 15.0 Å². The molecule has 3 rings (SSSR count). The third-order valence-electron chi connectivity index (χ3n) is 4.06. The fraction of sp³-hybridized carbons (Fsp3) is 0.500. The van der Waals surface area contributed by atoms with Gasteiger partial charge < -0.3 is 15.4 Å². The van der Waals surface area contributed by atoms with Crippen LogP contribution in [0.25, 0.3) is 11.2 Å². The molecule has 0 saturated carbocycles. The van der Waals surface area contributed by atoms with Crippen LogP contribution >= 0.6 is 0 Å². The van der Waals surface area contributed by atoms with Crippen molar-refractivity contribution >= 4 is 17.0 Å². The minimum absolute atomic E-state index is 0.0425. The van der Waals surface area contributed by atoms with Crippen LogP contribution in [-0.2, 0) is 0 Å². The molecule has 1 saturated heterocycles. The average Bonchev–Trinajstić information content (AvgIpc) is 2.82. The third kappa shape index (κ3) is 2.62. The van der Waals surface area contributed by atoms with E-state index < -0.39 is 6.10 Å². The molecular weight excluding hydrogens is 268 g/mol. The van der Waals surface area contributed by atoms with Crippen LogP contribution in [0.4, 0.5) is 5.82 Å². The molecule has 1 fully saturated rings. The van der Waals surface area contributed by atoms with E-state index in [-0.39, 0.29) is 6.04 Å². The molecule has 2 aromatic rings. The summed E-state index contributed by atoms with van der Waals surface area (Å²) in [7, 11) is 0. The first-order valence-corrected chi connectivity index (χ1v) is 7.15. The number of imidazole rings is 1.